The third kappa shape index (κ3) is 5.24. The van der Waals surface area contributed by atoms with Crippen molar-refractivity contribution in [2.24, 2.45) is 0 Å². The molecule has 0 spiro atoms. The summed E-state index contributed by atoms with van der Waals surface area (Å²) in [6, 6.07) is 0.535. The van der Waals surface area contributed by atoms with E-state index in [2.05, 4.69) is 17.1 Å². The fourth-order valence-corrected chi connectivity index (χ4v) is 3.34. The monoisotopic (exact) mass is 300 g/mol. The quantitative estimate of drug-likeness (QED) is 0.727. The summed E-state index contributed by atoms with van der Waals surface area (Å²) in [6.45, 7) is 10.2. The van der Waals surface area contributed by atoms with Gasteiger partial charge in [-0.05, 0) is 53.5 Å². The lowest BCUT2D eigenvalue weighted by Gasteiger charge is -2.40. The van der Waals surface area contributed by atoms with Gasteiger partial charge in [-0.2, -0.15) is 0 Å². The summed E-state index contributed by atoms with van der Waals surface area (Å²) in [5.74, 6) is -0.191. The van der Waals surface area contributed by atoms with Gasteiger partial charge in [-0.15, -0.1) is 0 Å². The van der Waals surface area contributed by atoms with E-state index in [0.29, 0.717) is 12.1 Å². The standard InChI is InChI=1S/C16H32N2O3/c1-12(2)17-16(4,15(19)21-6)10-13(3)18-9-7-8-14(11-18)20-5/h12-14,17H,7-11H2,1-6H3. The van der Waals surface area contributed by atoms with E-state index >= 15 is 0 Å². The van der Waals surface area contributed by atoms with Crippen molar-refractivity contribution < 1.29 is 14.3 Å². The van der Waals surface area contributed by atoms with E-state index in [1.165, 1.54) is 7.11 Å². The number of carbonyl (C=O) groups excluding carboxylic acids is 1. The lowest BCUT2D eigenvalue weighted by Crippen LogP contribution is -2.57. The first-order valence-corrected chi connectivity index (χ1v) is 7.95. The second-order valence-corrected chi connectivity index (χ2v) is 6.67. The van der Waals surface area contributed by atoms with E-state index < -0.39 is 5.54 Å². The first-order chi connectivity index (χ1) is 9.82. The number of carbonyl (C=O) groups is 1. The molecule has 3 unspecified atom stereocenters. The molecule has 1 N–H and O–H groups in total. The van der Waals surface area contributed by atoms with Crippen LogP contribution in [-0.2, 0) is 14.3 Å². The number of rotatable bonds is 7. The van der Waals surface area contributed by atoms with Crippen LogP contribution in [0.25, 0.3) is 0 Å². The highest BCUT2D eigenvalue weighted by molar-refractivity contribution is 5.80. The molecule has 3 atom stereocenters. The van der Waals surface area contributed by atoms with Gasteiger partial charge in [0.2, 0.25) is 0 Å². The van der Waals surface area contributed by atoms with Crippen molar-refractivity contribution in [2.45, 2.75) is 70.7 Å². The van der Waals surface area contributed by atoms with Crippen LogP contribution in [0.4, 0.5) is 0 Å². The zero-order valence-corrected chi connectivity index (χ0v) is 14.4. The van der Waals surface area contributed by atoms with E-state index in [-0.39, 0.29) is 12.0 Å². The van der Waals surface area contributed by atoms with Crippen LogP contribution in [0, 0.1) is 0 Å². The molecule has 1 heterocycles. The molecule has 124 valence electrons. The predicted molar refractivity (Wildman–Crippen MR) is 84.4 cm³/mol. The number of likely N-dealkylation sites (tertiary alicyclic amines) is 1. The summed E-state index contributed by atoms with van der Waals surface area (Å²) in [5, 5.41) is 3.37. The van der Waals surface area contributed by atoms with Gasteiger partial charge >= 0.3 is 5.97 Å². The number of ether oxygens (including phenoxy) is 2. The maximum Gasteiger partial charge on any atom is 0.325 e. The Morgan fingerprint density at radius 1 is 1.38 bits per heavy atom. The maximum absolute atomic E-state index is 12.2. The first kappa shape index (κ1) is 18.4. The Balaban J connectivity index is 2.71. The zero-order valence-electron chi connectivity index (χ0n) is 14.4. The minimum Gasteiger partial charge on any atom is -0.468 e. The maximum atomic E-state index is 12.2. The Bertz CT molecular complexity index is 335. The van der Waals surface area contributed by atoms with Crippen LogP contribution in [0.15, 0.2) is 0 Å². The van der Waals surface area contributed by atoms with E-state index in [0.717, 1.165) is 32.4 Å². The van der Waals surface area contributed by atoms with Crippen molar-refractivity contribution in [3.05, 3.63) is 0 Å². The third-order valence-electron chi connectivity index (χ3n) is 4.31. The predicted octanol–water partition coefficient (Wildman–Crippen LogP) is 1.81. The molecule has 1 rings (SSSR count). The molecule has 1 saturated heterocycles. The number of hydrogen-bond acceptors (Lipinski definition) is 5. The van der Waals surface area contributed by atoms with Gasteiger partial charge in [-0.25, -0.2) is 0 Å². The van der Waals surface area contributed by atoms with Crippen LogP contribution in [0.3, 0.4) is 0 Å². The Morgan fingerprint density at radius 3 is 2.57 bits per heavy atom. The van der Waals surface area contributed by atoms with Gasteiger partial charge in [0.1, 0.15) is 5.54 Å². The average Bonchev–Trinajstić information content (AvgIpc) is 2.45. The number of nitrogens with one attached hydrogen (secondary N) is 1. The number of nitrogens with zero attached hydrogens (tertiary/aromatic N) is 1. The summed E-state index contributed by atoms with van der Waals surface area (Å²) >= 11 is 0. The molecule has 0 aromatic carbocycles. The van der Waals surface area contributed by atoms with Crippen LogP contribution < -0.4 is 5.32 Å². The summed E-state index contributed by atoms with van der Waals surface area (Å²) in [4.78, 5) is 14.6. The van der Waals surface area contributed by atoms with Crippen LogP contribution in [0.1, 0.15) is 47.0 Å². The van der Waals surface area contributed by atoms with Crippen molar-refractivity contribution in [3.63, 3.8) is 0 Å². The minimum absolute atomic E-state index is 0.191. The molecule has 0 aromatic heterocycles. The van der Waals surface area contributed by atoms with Gasteiger partial charge in [0.25, 0.3) is 0 Å². The first-order valence-electron chi connectivity index (χ1n) is 7.95. The van der Waals surface area contributed by atoms with Crippen molar-refractivity contribution in [1.82, 2.24) is 10.2 Å². The molecule has 1 fully saturated rings. The van der Waals surface area contributed by atoms with E-state index in [1.54, 1.807) is 7.11 Å². The zero-order chi connectivity index (χ0) is 16.0. The van der Waals surface area contributed by atoms with Crippen LogP contribution in [0.5, 0.6) is 0 Å². The molecule has 0 amide bonds. The van der Waals surface area contributed by atoms with Crippen LogP contribution in [-0.4, -0.2) is 61.9 Å². The molecule has 5 nitrogen and oxygen atoms in total. The Morgan fingerprint density at radius 2 is 2.05 bits per heavy atom. The number of piperidine rings is 1. The Kier molecular flexibility index (Phi) is 7.10. The molecule has 21 heavy (non-hydrogen) atoms. The van der Waals surface area contributed by atoms with Crippen LogP contribution >= 0.6 is 0 Å². The minimum atomic E-state index is -0.650. The summed E-state index contributed by atoms with van der Waals surface area (Å²) in [6.07, 6.45) is 3.31. The SMILES string of the molecule is COC(=O)C(C)(CC(C)N1CCCC(OC)C1)NC(C)C. The fraction of sp³-hybridized carbons (Fsp3) is 0.938. The van der Waals surface area contributed by atoms with Gasteiger partial charge in [-0.1, -0.05) is 0 Å². The molecule has 0 radical (unpaired) electrons. The molecule has 1 aliphatic rings. The highest BCUT2D eigenvalue weighted by atomic mass is 16.5. The van der Waals surface area contributed by atoms with Gasteiger partial charge in [-0.3, -0.25) is 15.0 Å². The fourth-order valence-electron chi connectivity index (χ4n) is 3.34. The molecule has 0 aliphatic carbocycles. The second-order valence-electron chi connectivity index (χ2n) is 6.67. The summed E-state index contributed by atoms with van der Waals surface area (Å²) in [7, 11) is 3.23. The normalized spacial score (nSPS) is 24.6. The van der Waals surface area contributed by atoms with Gasteiger partial charge in [0, 0.05) is 25.7 Å². The van der Waals surface area contributed by atoms with E-state index in [1.807, 2.05) is 20.8 Å². The molecule has 0 aromatic rings. The number of methoxy groups -OCH3 is 2. The molecular formula is C16H32N2O3. The number of hydrogen-bond donors (Lipinski definition) is 1. The van der Waals surface area contributed by atoms with Crippen LogP contribution in [0.2, 0.25) is 0 Å². The molecule has 0 bridgehead atoms. The van der Waals surface area contributed by atoms with Crippen molar-refractivity contribution in [1.29, 1.82) is 0 Å². The smallest absolute Gasteiger partial charge is 0.325 e. The van der Waals surface area contributed by atoms with Crippen molar-refractivity contribution in [3.8, 4) is 0 Å². The highest BCUT2D eigenvalue weighted by Crippen LogP contribution is 2.22. The average molecular weight is 300 g/mol. The highest BCUT2D eigenvalue weighted by Gasteiger charge is 2.38. The lowest BCUT2D eigenvalue weighted by molar-refractivity contribution is -0.149. The Hall–Kier alpha value is -0.650. The van der Waals surface area contributed by atoms with Crippen molar-refractivity contribution in [2.75, 3.05) is 27.3 Å². The topological polar surface area (TPSA) is 50.8 Å². The molecule has 5 heteroatoms. The van der Waals surface area contributed by atoms with E-state index in [4.69, 9.17) is 9.47 Å². The van der Waals surface area contributed by atoms with E-state index in [9.17, 15) is 4.79 Å². The molecular weight excluding hydrogens is 268 g/mol. The third-order valence-corrected chi connectivity index (χ3v) is 4.31. The second kappa shape index (κ2) is 8.11. The largest absolute Gasteiger partial charge is 0.468 e. The summed E-state index contributed by atoms with van der Waals surface area (Å²) in [5.41, 5.74) is -0.650. The van der Waals surface area contributed by atoms with Gasteiger partial charge in [0.05, 0.1) is 13.2 Å². The Labute approximate surface area is 129 Å². The summed E-state index contributed by atoms with van der Waals surface area (Å²) < 4.78 is 10.5. The van der Waals surface area contributed by atoms with Gasteiger partial charge < -0.3 is 9.47 Å². The number of esters is 1. The van der Waals surface area contributed by atoms with Crippen molar-refractivity contribution >= 4 is 5.97 Å². The molecule has 1 aliphatic heterocycles. The lowest BCUT2D eigenvalue weighted by atomic mass is 9.91. The van der Waals surface area contributed by atoms with Gasteiger partial charge in [0.15, 0.2) is 0 Å². The molecule has 0 saturated carbocycles.